The number of methoxy groups -OCH3 is 1. The molecule has 0 aliphatic heterocycles. The second-order valence-corrected chi connectivity index (χ2v) is 11.6. The Kier molecular flexibility index (Phi) is 6.37. The summed E-state index contributed by atoms with van der Waals surface area (Å²) in [6, 6.07) is 14.6. The molecule has 3 N–H and O–H groups in total. The van der Waals surface area contributed by atoms with E-state index in [0.29, 0.717) is 16.8 Å². The van der Waals surface area contributed by atoms with Crippen LogP contribution in [-0.4, -0.2) is 46.0 Å². The van der Waals surface area contributed by atoms with Crippen LogP contribution in [0.5, 0.6) is 5.75 Å². The lowest BCUT2D eigenvalue weighted by Crippen LogP contribution is -2.27. The van der Waals surface area contributed by atoms with Crippen molar-refractivity contribution < 1.29 is 21.6 Å². The van der Waals surface area contributed by atoms with Gasteiger partial charge < -0.3 is 4.74 Å². The van der Waals surface area contributed by atoms with Crippen LogP contribution in [0.2, 0.25) is 0 Å². The maximum Gasteiger partial charge on any atom is 0.332 e. The van der Waals surface area contributed by atoms with E-state index in [-0.39, 0.29) is 17.1 Å². The van der Waals surface area contributed by atoms with E-state index in [4.69, 9.17) is 4.74 Å². The average Bonchev–Trinajstić information content (AvgIpc) is 2.76. The molecule has 0 spiro atoms. The lowest BCUT2D eigenvalue weighted by atomic mass is 9.99. The van der Waals surface area contributed by atoms with E-state index in [2.05, 4.69) is 14.4 Å². The molecule has 0 radical (unpaired) electrons. The van der Waals surface area contributed by atoms with Gasteiger partial charge in [0.25, 0.3) is 5.56 Å². The number of sulfonamides is 2. The highest BCUT2D eigenvalue weighted by molar-refractivity contribution is 7.92. The molecule has 4 aromatic rings. The fourth-order valence-corrected chi connectivity index (χ4v) is 4.88. The zero-order chi connectivity index (χ0) is 26.3. The van der Waals surface area contributed by atoms with Gasteiger partial charge in [-0.2, -0.15) is 0 Å². The van der Waals surface area contributed by atoms with E-state index in [1.807, 2.05) is 6.07 Å². The molecule has 188 valence electrons. The second kappa shape index (κ2) is 9.17. The van der Waals surface area contributed by atoms with Crippen LogP contribution in [0.15, 0.2) is 70.4 Å². The first-order valence-corrected chi connectivity index (χ1v) is 14.2. The number of benzene rings is 3. The maximum absolute atomic E-state index is 12.4. The summed E-state index contributed by atoms with van der Waals surface area (Å²) in [6.45, 7) is 0. The minimum atomic E-state index is -3.71. The third-order valence-electron chi connectivity index (χ3n) is 5.13. The third-order valence-corrected chi connectivity index (χ3v) is 6.33. The number of aromatic amines is 1. The Bertz CT molecular complexity index is 1830. The smallest absolute Gasteiger partial charge is 0.332 e. The molecule has 1 heterocycles. The SMILES string of the molecule is COc1c(NS(C)(=O)=O)cc(-n2ccc(=O)[nH]c2=O)cc1-c1ccc2cc(NS(C)(=O)=O)ccc2c1. The van der Waals surface area contributed by atoms with E-state index < -0.39 is 31.3 Å². The minimum Gasteiger partial charge on any atom is -0.494 e. The lowest BCUT2D eigenvalue weighted by molar-refractivity contribution is 0.418. The van der Waals surface area contributed by atoms with E-state index in [1.54, 1.807) is 36.4 Å². The number of hydrogen-bond acceptors (Lipinski definition) is 7. The number of ether oxygens (including phenoxy) is 1. The quantitative estimate of drug-likeness (QED) is 0.330. The van der Waals surface area contributed by atoms with Crippen molar-refractivity contribution in [2.24, 2.45) is 0 Å². The summed E-state index contributed by atoms with van der Waals surface area (Å²) in [5.74, 6) is 0.219. The summed E-state index contributed by atoms with van der Waals surface area (Å²) in [7, 11) is -5.75. The minimum absolute atomic E-state index is 0.0957. The molecule has 0 unspecified atom stereocenters. The van der Waals surface area contributed by atoms with Crippen molar-refractivity contribution in [3.63, 3.8) is 0 Å². The lowest BCUT2D eigenvalue weighted by Gasteiger charge is -2.18. The average molecular weight is 531 g/mol. The topological polar surface area (TPSA) is 156 Å². The summed E-state index contributed by atoms with van der Waals surface area (Å²) in [5.41, 5.74) is 0.629. The van der Waals surface area contributed by atoms with Gasteiger partial charge in [0.2, 0.25) is 20.0 Å². The van der Waals surface area contributed by atoms with E-state index in [9.17, 15) is 26.4 Å². The standard InChI is InChI=1S/C23H22N4O7S2/c1-34-22-19(16-5-4-15-11-17(25-35(2,30)31)7-6-14(15)10-16)12-18(13-20(22)26-36(3,32)33)27-9-8-21(28)24-23(27)29/h4-13,25-26H,1-3H3,(H,24,28,29). The maximum atomic E-state index is 12.4. The molecule has 0 fully saturated rings. The Labute approximate surface area is 206 Å². The van der Waals surface area contributed by atoms with Crippen molar-refractivity contribution in [1.82, 2.24) is 9.55 Å². The molecular formula is C23H22N4O7S2. The van der Waals surface area contributed by atoms with Crippen molar-refractivity contribution in [3.8, 4) is 22.6 Å². The predicted octanol–water partition coefficient (Wildman–Crippen LogP) is 2.10. The van der Waals surface area contributed by atoms with Crippen LogP contribution in [0.4, 0.5) is 11.4 Å². The van der Waals surface area contributed by atoms with Gasteiger partial charge in [-0.1, -0.05) is 18.2 Å². The monoisotopic (exact) mass is 530 g/mol. The molecule has 0 saturated heterocycles. The molecule has 0 aliphatic carbocycles. The highest BCUT2D eigenvalue weighted by Crippen LogP contribution is 2.40. The molecule has 0 bridgehead atoms. The number of rotatable bonds is 7. The summed E-state index contributed by atoms with van der Waals surface area (Å²) in [6.07, 6.45) is 3.34. The third kappa shape index (κ3) is 5.58. The predicted molar refractivity (Wildman–Crippen MR) is 139 cm³/mol. The van der Waals surface area contributed by atoms with Crippen molar-refractivity contribution >= 4 is 42.2 Å². The van der Waals surface area contributed by atoms with Gasteiger partial charge in [-0.05, 0) is 46.7 Å². The van der Waals surface area contributed by atoms with Gasteiger partial charge in [0, 0.05) is 23.5 Å². The fourth-order valence-electron chi connectivity index (χ4n) is 3.77. The van der Waals surface area contributed by atoms with E-state index in [0.717, 1.165) is 23.3 Å². The van der Waals surface area contributed by atoms with Crippen LogP contribution < -0.4 is 25.4 Å². The molecule has 4 rings (SSSR count). The van der Waals surface area contributed by atoms with Gasteiger partial charge in [0.1, 0.15) is 0 Å². The number of nitrogens with zero attached hydrogens (tertiary/aromatic N) is 1. The second-order valence-electron chi connectivity index (χ2n) is 8.08. The van der Waals surface area contributed by atoms with Crippen molar-refractivity contribution in [3.05, 3.63) is 81.6 Å². The first kappa shape index (κ1) is 25.0. The zero-order valence-electron chi connectivity index (χ0n) is 19.4. The number of H-pyrrole nitrogens is 1. The van der Waals surface area contributed by atoms with Crippen LogP contribution >= 0.6 is 0 Å². The normalized spacial score (nSPS) is 11.9. The number of aromatic nitrogens is 2. The summed E-state index contributed by atoms with van der Waals surface area (Å²) < 4.78 is 58.8. The fraction of sp³-hybridized carbons (Fsp3) is 0.130. The Morgan fingerprint density at radius 2 is 1.50 bits per heavy atom. The van der Waals surface area contributed by atoms with E-state index in [1.165, 1.54) is 30.0 Å². The molecule has 0 saturated carbocycles. The molecular weight excluding hydrogens is 508 g/mol. The van der Waals surface area contributed by atoms with Gasteiger partial charge in [0.05, 0.1) is 31.0 Å². The van der Waals surface area contributed by atoms with Crippen molar-refractivity contribution in [1.29, 1.82) is 0 Å². The van der Waals surface area contributed by atoms with Crippen LogP contribution in [0.3, 0.4) is 0 Å². The van der Waals surface area contributed by atoms with Crippen LogP contribution in [0, 0.1) is 0 Å². The number of nitrogens with one attached hydrogen (secondary N) is 3. The van der Waals surface area contributed by atoms with Crippen molar-refractivity contribution in [2.45, 2.75) is 0 Å². The molecule has 13 heteroatoms. The Hall–Kier alpha value is -4.10. The number of hydrogen-bond donors (Lipinski definition) is 3. The Balaban J connectivity index is 1.94. The Morgan fingerprint density at radius 3 is 2.14 bits per heavy atom. The van der Waals surface area contributed by atoms with Gasteiger partial charge in [-0.15, -0.1) is 0 Å². The number of anilines is 2. The van der Waals surface area contributed by atoms with Crippen LogP contribution in [-0.2, 0) is 20.0 Å². The largest absolute Gasteiger partial charge is 0.494 e. The zero-order valence-corrected chi connectivity index (χ0v) is 21.0. The van der Waals surface area contributed by atoms with Crippen molar-refractivity contribution in [2.75, 3.05) is 29.1 Å². The van der Waals surface area contributed by atoms with E-state index >= 15 is 0 Å². The van der Waals surface area contributed by atoms with Gasteiger partial charge in [-0.3, -0.25) is 23.8 Å². The van der Waals surface area contributed by atoms with Gasteiger partial charge >= 0.3 is 5.69 Å². The molecule has 0 amide bonds. The summed E-state index contributed by atoms with van der Waals surface area (Å²) in [4.78, 5) is 26.1. The number of fused-ring (bicyclic) bond motifs is 1. The highest BCUT2D eigenvalue weighted by atomic mass is 32.2. The summed E-state index contributed by atoms with van der Waals surface area (Å²) in [5, 5.41) is 1.53. The molecule has 3 aromatic carbocycles. The highest BCUT2D eigenvalue weighted by Gasteiger charge is 2.18. The van der Waals surface area contributed by atoms with Crippen LogP contribution in [0.25, 0.3) is 27.6 Å². The van der Waals surface area contributed by atoms with Crippen LogP contribution in [0.1, 0.15) is 0 Å². The molecule has 1 aromatic heterocycles. The molecule has 11 nitrogen and oxygen atoms in total. The molecule has 36 heavy (non-hydrogen) atoms. The Morgan fingerprint density at radius 1 is 0.833 bits per heavy atom. The summed E-state index contributed by atoms with van der Waals surface area (Å²) >= 11 is 0. The molecule has 0 atom stereocenters. The van der Waals surface area contributed by atoms with Gasteiger partial charge in [0.15, 0.2) is 5.75 Å². The molecule has 0 aliphatic rings. The first-order chi connectivity index (χ1) is 16.8. The first-order valence-electron chi connectivity index (χ1n) is 10.4. The van der Waals surface area contributed by atoms with Gasteiger partial charge in [-0.25, -0.2) is 21.6 Å².